The number of anilines is 1. The highest BCUT2D eigenvalue weighted by atomic mass is 16.2. The van der Waals surface area contributed by atoms with Crippen molar-refractivity contribution in [1.82, 2.24) is 10.2 Å². The number of unbranched alkanes of at least 4 members (excludes halogenated alkanes) is 3. The third kappa shape index (κ3) is 4.59. The third-order valence-electron chi connectivity index (χ3n) is 4.60. The van der Waals surface area contributed by atoms with E-state index in [4.69, 9.17) is 0 Å². The fourth-order valence-electron chi connectivity index (χ4n) is 3.01. The van der Waals surface area contributed by atoms with Crippen LogP contribution < -0.4 is 10.6 Å². The van der Waals surface area contributed by atoms with Gasteiger partial charge in [0.25, 0.3) is 5.91 Å². The molecule has 4 amide bonds. The highest BCUT2D eigenvalue weighted by Gasteiger charge is 2.47. The van der Waals surface area contributed by atoms with E-state index in [2.05, 4.69) is 17.6 Å². The minimum atomic E-state index is -0.909. The lowest BCUT2D eigenvalue weighted by molar-refractivity contribution is -0.133. The molecule has 6 nitrogen and oxygen atoms in total. The summed E-state index contributed by atoms with van der Waals surface area (Å²) in [6.45, 7) is 5.47. The summed E-state index contributed by atoms with van der Waals surface area (Å²) in [4.78, 5) is 38.0. The maximum absolute atomic E-state index is 12.6. The lowest BCUT2D eigenvalue weighted by atomic mass is 9.94. The first-order chi connectivity index (χ1) is 11.9. The van der Waals surface area contributed by atoms with Gasteiger partial charge in [0.15, 0.2) is 0 Å². The normalized spacial score (nSPS) is 19.9. The molecule has 1 aromatic rings. The zero-order chi connectivity index (χ0) is 18.4. The van der Waals surface area contributed by atoms with Gasteiger partial charge in [0.05, 0.1) is 0 Å². The second-order valence-corrected chi connectivity index (χ2v) is 6.83. The van der Waals surface area contributed by atoms with Gasteiger partial charge in [-0.05, 0) is 31.9 Å². The van der Waals surface area contributed by atoms with Crippen LogP contribution in [0.5, 0.6) is 0 Å². The molecule has 1 heterocycles. The molecule has 0 aliphatic carbocycles. The van der Waals surface area contributed by atoms with Gasteiger partial charge in [-0.25, -0.2) is 4.79 Å². The number of benzene rings is 1. The number of carbonyl (C=O) groups is 3. The first kappa shape index (κ1) is 19.0. The molecular formula is C19H27N3O3. The third-order valence-corrected chi connectivity index (χ3v) is 4.60. The van der Waals surface area contributed by atoms with Crippen molar-refractivity contribution in [2.24, 2.45) is 0 Å². The molecule has 1 aliphatic heterocycles. The van der Waals surface area contributed by atoms with Crippen LogP contribution in [0.4, 0.5) is 10.5 Å². The zero-order valence-corrected chi connectivity index (χ0v) is 15.2. The molecule has 136 valence electrons. The largest absolute Gasteiger partial charge is 0.325 e. The second-order valence-electron chi connectivity index (χ2n) is 6.83. The van der Waals surface area contributed by atoms with Crippen molar-refractivity contribution in [3.05, 3.63) is 29.8 Å². The van der Waals surface area contributed by atoms with Gasteiger partial charge in [0, 0.05) is 5.69 Å². The molecule has 0 aromatic heterocycles. The Morgan fingerprint density at radius 2 is 1.92 bits per heavy atom. The predicted octanol–water partition coefficient (Wildman–Crippen LogP) is 3.21. The average Bonchev–Trinajstić information content (AvgIpc) is 2.77. The standard InChI is InChI=1S/C19H27N3O3/c1-4-5-6-9-12-19(3)17(24)22(18(25)21-19)13-16(23)20-15-11-8-7-10-14(15)2/h7-8,10-11H,4-6,9,12-13H2,1-3H3,(H,20,23)(H,21,25). The van der Waals surface area contributed by atoms with Crippen LogP contribution in [0.1, 0.15) is 51.5 Å². The number of hydrogen-bond acceptors (Lipinski definition) is 3. The molecule has 2 N–H and O–H groups in total. The summed E-state index contributed by atoms with van der Waals surface area (Å²) < 4.78 is 0. The van der Waals surface area contributed by atoms with E-state index in [0.29, 0.717) is 12.1 Å². The van der Waals surface area contributed by atoms with Crippen LogP contribution in [-0.4, -0.2) is 34.8 Å². The Morgan fingerprint density at radius 1 is 1.20 bits per heavy atom. The quantitative estimate of drug-likeness (QED) is 0.561. The number of urea groups is 1. The van der Waals surface area contributed by atoms with Crippen molar-refractivity contribution >= 4 is 23.5 Å². The van der Waals surface area contributed by atoms with Crippen LogP contribution in [0.3, 0.4) is 0 Å². The Labute approximate surface area is 149 Å². The molecular weight excluding hydrogens is 318 g/mol. The minimum Gasteiger partial charge on any atom is -0.324 e. The number of rotatable bonds is 8. The van der Waals surface area contributed by atoms with Gasteiger partial charge in [-0.15, -0.1) is 0 Å². The van der Waals surface area contributed by atoms with Crippen molar-refractivity contribution in [3.63, 3.8) is 0 Å². The monoisotopic (exact) mass is 345 g/mol. The highest BCUT2D eigenvalue weighted by molar-refractivity contribution is 6.09. The van der Waals surface area contributed by atoms with Crippen LogP contribution >= 0.6 is 0 Å². The van der Waals surface area contributed by atoms with E-state index in [1.165, 1.54) is 0 Å². The highest BCUT2D eigenvalue weighted by Crippen LogP contribution is 2.24. The summed E-state index contributed by atoms with van der Waals surface area (Å²) in [5.74, 6) is -0.707. The van der Waals surface area contributed by atoms with E-state index < -0.39 is 11.6 Å². The van der Waals surface area contributed by atoms with Crippen molar-refractivity contribution in [2.75, 3.05) is 11.9 Å². The van der Waals surface area contributed by atoms with Crippen molar-refractivity contribution in [1.29, 1.82) is 0 Å². The van der Waals surface area contributed by atoms with E-state index in [1.54, 1.807) is 13.0 Å². The summed E-state index contributed by atoms with van der Waals surface area (Å²) in [7, 11) is 0. The van der Waals surface area contributed by atoms with Gasteiger partial charge < -0.3 is 10.6 Å². The maximum Gasteiger partial charge on any atom is 0.325 e. The molecule has 1 fully saturated rings. The van der Waals surface area contributed by atoms with Crippen LogP contribution in [0.15, 0.2) is 24.3 Å². The Hall–Kier alpha value is -2.37. The van der Waals surface area contributed by atoms with Crippen molar-refractivity contribution < 1.29 is 14.4 Å². The molecule has 0 bridgehead atoms. The van der Waals surface area contributed by atoms with Crippen molar-refractivity contribution in [3.8, 4) is 0 Å². The smallest absolute Gasteiger partial charge is 0.324 e. The summed E-state index contributed by atoms with van der Waals surface area (Å²) in [6, 6.07) is 6.88. The lowest BCUT2D eigenvalue weighted by Gasteiger charge is -2.21. The van der Waals surface area contributed by atoms with E-state index in [-0.39, 0.29) is 18.4 Å². The molecule has 2 rings (SSSR count). The van der Waals surface area contributed by atoms with Crippen LogP contribution in [0.25, 0.3) is 0 Å². The lowest BCUT2D eigenvalue weighted by Crippen LogP contribution is -2.44. The van der Waals surface area contributed by atoms with E-state index in [0.717, 1.165) is 36.1 Å². The Balaban J connectivity index is 1.95. The molecule has 1 aromatic carbocycles. The zero-order valence-electron chi connectivity index (χ0n) is 15.2. The van der Waals surface area contributed by atoms with Gasteiger partial charge in [0.2, 0.25) is 5.91 Å². The number of hydrogen-bond donors (Lipinski definition) is 2. The van der Waals surface area contributed by atoms with E-state index in [1.807, 2.05) is 25.1 Å². The number of nitrogens with zero attached hydrogens (tertiary/aromatic N) is 1. The number of imide groups is 1. The molecule has 6 heteroatoms. The first-order valence-corrected chi connectivity index (χ1v) is 8.87. The topological polar surface area (TPSA) is 78.5 Å². The summed E-state index contributed by atoms with van der Waals surface area (Å²) in [5, 5.41) is 5.50. The van der Waals surface area contributed by atoms with E-state index >= 15 is 0 Å². The van der Waals surface area contributed by atoms with Gasteiger partial charge in [-0.1, -0.05) is 50.8 Å². The molecule has 0 spiro atoms. The second kappa shape index (κ2) is 8.14. The van der Waals surface area contributed by atoms with E-state index in [9.17, 15) is 14.4 Å². The van der Waals surface area contributed by atoms with Gasteiger partial charge in [-0.2, -0.15) is 0 Å². The van der Waals surface area contributed by atoms with Gasteiger partial charge >= 0.3 is 6.03 Å². The maximum atomic E-state index is 12.6. The summed E-state index contributed by atoms with van der Waals surface area (Å²) in [6.07, 6.45) is 4.72. The Bertz CT molecular complexity index is 659. The number of amides is 4. The van der Waals surface area contributed by atoms with Crippen LogP contribution in [-0.2, 0) is 9.59 Å². The molecule has 0 saturated carbocycles. The average molecular weight is 345 g/mol. The molecule has 25 heavy (non-hydrogen) atoms. The number of para-hydroxylation sites is 1. The molecule has 1 unspecified atom stereocenters. The predicted molar refractivity (Wildman–Crippen MR) is 97.2 cm³/mol. The van der Waals surface area contributed by atoms with Crippen molar-refractivity contribution in [2.45, 2.75) is 58.4 Å². The molecule has 1 aliphatic rings. The fraction of sp³-hybridized carbons (Fsp3) is 0.526. The van der Waals surface area contributed by atoms with Crippen LogP contribution in [0.2, 0.25) is 0 Å². The fourth-order valence-corrected chi connectivity index (χ4v) is 3.01. The van der Waals surface area contributed by atoms with Gasteiger partial charge in [-0.3, -0.25) is 14.5 Å². The Kier molecular flexibility index (Phi) is 6.17. The summed E-state index contributed by atoms with van der Waals surface area (Å²) in [5.41, 5.74) is 0.698. The molecule has 0 radical (unpaired) electrons. The Morgan fingerprint density at radius 3 is 2.60 bits per heavy atom. The number of nitrogens with one attached hydrogen (secondary N) is 2. The number of aryl methyl sites for hydroxylation is 1. The molecule has 1 atom stereocenters. The van der Waals surface area contributed by atoms with Crippen LogP contribution in [0, 0.1) is 6.92 Å². The minimum absolute atomic E-state index is 0.274. The SMILES string of the molecule is CCCCCCC1(C)NC(=O)N(CC(=O)Nc2ccccc2C)C1=O. The molecule has 1 saturated heterocycles. The number of carbonyl (C=O) groups excluding carboxylic acids is 3. The summed E-state index contributed by atoms with van der Waals surface area (Å²) >= 11 is 0. The van der Waals surface area contributed by atoms with Gasteiger partial charge in [0.1, 0.15) is 12.1 Å². The first-order valence-electron chi connectivity index (χ1n) is 8.87.